The second-order valence-corrected chi connectivity index (χ2v) is 6.66. The number of hydrogen-bond donors (Lipinski definition) is 1. The molecule has 0 bridgehead atoms. The average molecular weight is 337 g/mol. The molecule has 0 unspecified atom stereocenters. The highest BCUT2D eigenvalue weighted by atomic mass is 16.2. The maximum absolute atomic E-state index is 12.3. The van der Waals surface area contributed by atoms with E-state index in [2.05, 4.69) is 54.4 Å². The van der Waals surface area contributed by atoms with Crippen LogP contribution in [0.4, 0.5) is 10.5 Å². The quantitative estimate of drug-likeness (QED) is 0.928. The van der Waals surface area contributed by atoms with Crippen LogP contribution in [0.15, 0.2) is 48.5 Å². The molecule has 2 aromatic carbocycles. The number of anilines is 1. The zero-order valence-corrected chi connectivity index (χ0v) is 15.2. The van der Waals surface area contributed by atoms with Gasteiger partial charge in [0.15, 0.2) is 0 Å². The lowest BCUT2D eigenvalue weighted by atomic mass is 10.1. The van der Waals surface area contributed by atoms with Gasteiger partial charge in [-0.15, -0.1) is 0 Å². The molecule has 0 saturated carbocycles. The third-order valence-electron chi connectivity index (χ3n) is 5.02. The minimum atomic E-state index is 0.0524. The molecule has 4 nitrogen and oxygen atoms in total. The summed E-state index contributed by atoms with van der Waals surface area (Å²) in [5, 5.41) is 3.04. The van der Waals surface area contributed by atoms with Gasteiger partial charge in [-0.3, -0.25) is 0 Å². The highest BCUT2D eigenvalue weighted by Gasteiger charge is 2.21. The molecule has 25 heavy (non-hydrogen) atoms. The number of piperazine rings is 1. The third kappa shape index (κ3) is 4.32. The minimum Gasteiger partial charge on any atom is -0.368 e. The fourth-order valence-electron chi connectivity index (χ4n) is 3.30. The van der Waals surface area contributed by atoms with Crippen LogP contribution in [-0.2, 0) is 6.42 Å². The topological polar surface area (TPSA) is 35.6 Å². The highest BCUT2D eigenvalue weighted by molar-refractivity contribution is 5.74. The van der Waals surface area contributed by atoms with Gasteiger partial charge in [-0.2, -0.15) is 0 Å². The lowest BCUT2D eigenvalue weighted by Crippen LogP contribution is -2.52. The first-order chi connectivity index (χ1) is 12.1. The largest absolute Gasteiger partial charge is 0.368 e. The Morgan fingerprint density at radius 2 is 1.68 bits per heavy atom. The number of carbonyl (C=O) groups excluding carboxylic acids is 1. The van der Waals surface area contributed by atoms with Gasteiger partial charge in [0.05, 0.1) is 0 Å². The van der Waals surface area contributed by atoms with Crippen LogP contribution in [-0.4, -0.2) is 43.7 Å². The van der Waals surface area contributed by atoms with E-state index in [1.54, 1.807) is 0 Å². The molecule has 0 radical (unpaired) electrons. The molecule has 1 aliphatic heterocycles. The predicted octanol–water partition coefficient (Wildman–Crippen LogP) is 3.38. The number of benzene rings is 2. The number of amides is 2. The minimum absolute atomic E-state index is 0.0524. The summed E-state index contributed by atoms with van der Waals surface area (Å²) in [5.74, 6) is 0. The standard InChI is InChI=1S/C21H27N3O/c1-17-7-6-10-20(18(17)2)23-13-15-24(16-14-23)21(25)22-12-11-19-8-4-3-5-9-19/h3-10H,11-16H2,1-2H3,(H,22,25). The van der Waals surface area contributed by atoms with Crippen LogP contribution in [0, 0.1) is 13.8 Å². The van der Waals surface area contributed by atoms with E-state index in [0.717, 1.165) is 32.6 Å². The highest BCUT2D eigenvalue weighted by Crippen LogP contribution is 2.23. The van der Waals surface area contributed by atoms with Gasteiger partial charge in [-0.05, 0) is 43.0 Å². The second-order valence-electron chi connectivity index (χ2n) is 6.66. The van der Waals surface area contributed by atoms with E-state index in [0.29, 0.717) is 6.54 Å². The molecule has 0 aliphatic carbocycles. The summed E-state index contributed by atoms with van der Waals surface area (Å²) in [6.07, 6.45) is 0.870. The molecule has 132 valence electrons. The Balaban J connectivity index is 1.47. The van der Waals surface area contributed by atoms with E-state index in [-0.39, 0.29) is 6.03 Å². The summed E-state index contributed by atoms with van der Waals surface area (Å²) in [6, 6.07) is 16.7. The molecule has 3 rings (SSSR count). The summed E-state index contributed by atoms with van der Waals surface area (Å²) < 4.78 is 0. The van der Waals surface area contributed by atoms with Gasteiger partial charge in [-0.1, -0.05) is 42.5 Å². The third-order valence-corrected chi connectivity index (χ3v) is 5.02. The predicted molar refractivity (Wildman–Crippen MR) is 103 cm³/mol. The molecule has 2 aromatic rings. The number of carbonyl (C=O) groups is 1. The normalized spacial score (nSPS) is 14.5. The van der Waals surface area contributed by atoms with Crippen molar-refractivity contribution in [1.82, 2.24) is 10.2 Å². The zero-order valence-electron chi connectivity index (χ0n) is 15.2. The molecule has 0 aromatic heterocycles. The number of nitrogens with zero attached hydrogens (tertiary/aromatic N) is 2. The van der Waals surface area contributed by atoms with Crippen LogP contribution in [0.5, 0.6) is 0 Å². The first kappa shape index (κ1) is 17.3. The van der Waals surface area contributed by atoms with Crippen molar-refractivity contribution >= 4 is 11.7 Å². The number of nitrogens with one attached hydrogen (secondary N) is 1. The van der Waals surface area contributed by atoms with E-state index in [4.69, 9.17) is 0 Å². The van der Waals surface area contributed by atoms with Crippen molar-refractivity contribution in [2.24, 2.45) is 0 Å². The smallest absolute Gasteiger partial charge is 0.317 e. The summed E-state index contributed by atoms with van der Waals surface area (Å²) in [7, 11) is 0. The molecule has 1 heterocycles. The van der Waals surface area contributed by atoms with Crippen LogP contribution in [0.25, 0.3) is 0 Å². The van der Waals surface area contributed by atoms with Crippen molar-refractivity contribution in [1.29, 1.82) is 0 Å². The molecule has 1 saturated heterocycles. The van der Waals surface area contributed by atoms with E-state index >= 15 is 0 Å². The monoisotopic (exact) mass is 337 g/mol. The first-order valence-electron chi connectivity index (χ1n) is 9.03. The molecule has 2 amide bonds. The lowest BCUT2D eigenvalue weighted by Gasteiger charge is -2.37. The Hall–Kier alpha value is -2.49. The molecule has 0 spiro atoms. The Morgan fingerprint density at radius 3 is 2.40 bits per heavy atom. The van der Waals surface area contributed by atoms with Crippen LogP contribution < -0.4 is 10.2 Å². The van der Waals surface area contributed by atoms with Crippen molar-refractivity contribution in [3.63, 3.8) is 0 Å². The maximum atomic E-state index is 12.3. The van der Waals surface area contributed by atoms with Crippen LogP contribution in [0.1, 0.15) is 16.7 Å². The molecule has 4 heteroatoms. The van der Waals surface area contributed by atoms with Crippen LogP contribution >= 0.6 is 0 Å². The van der Waals surface area contributed by atoms with Crippen LogP contribution in [0.3, 0.4) is 0 Å². The molecular weight excluding hydrogens is 310 g/mol. The SMILES string of the molecule is Cc1cccc(N2CCN(C(=O)NCCc3ccccc3)CC2)c1C. The van der Waals surface area contributed by atoms with E-state index in [1.165, 1.54) is 22.4 Å². The Morgan fingerprint density at radius 1 is 0.960 bits per heavy atom. The summed E-state index contributed by atoms with van der Waals surface area (Å²) in [6.45, 7) is 8.31. The molecule has 1 aliphatic rings. The van der Waals surface area contributed by atoms with Gasteiger partial charge in [0, 0.05) is 38.4 Å². The van der Waals surface area contributed by atoms with Crippen molar-refractivity contribution in [2.45, 2.75) is 20.3 Å². The fraction of sp³-hybridized carbons (Fsp3) is 0.381. The number of urea groups is 1. The average Bonchev–Trinajstić information content (AvgIpc) is 2.65. The first-order valence-corrected chi connectivity index (χ1v) is 9.03. The number of aryl methyl sites for hydroxylation is 1. The Bertz CT molecular complexity index is 706. The van der Waals surface area contributed by atoms with Gasteiger partial charge in [0.2, 0.25) is 0 Å². The van der Waals surface area contributed by atoms with Gasteiger partial charge in [-0.25, -0.2) is 4.79 Å². The van der Waals surface area contributed by atoms with Gasteiger partial charge >= 0.3 is 6.03 Å². The van der Waals surface area contributed by atoms with Crippen LogP contribution in [0.2, 0.25) is 0 Å². The van der Waals surface area contributed by atoms with Gasteiger partial charge in [0.1, 0.15) is 0 Å². The summed E-state index contributed by atoms with van der Waals surface area (Å²) in [4.78, 5) is 16.7. The van der Waals surface area contributed by atoms with Gasteiger partial charge < -0.3 is 15.1 Å². The van der Waals surface area contributed by atoms with E-state index < -0.39 is 0 Å². The summed E-state index contributed by atoms with van der Waals surface area (Å²) >= 11 is 0. The molecule has 0 atom stereocenters. The Labute approximate surface area is 150 Å². The van der Waals surface area contributed by atoms with E-state index in [1.807, 2.05) is 23.1 Å². The number of hydrogen-bond acceptors (Lipinski definition) is 2. The fourth-order valence-corrected chi connectivity index (χ4v) is 3.30. The van der Waals surface area contributed by atoms with Crippen molar-refractivity contribution < 1.29 is 4.79 Å². The molecular formula is C21H27N3O. The second kappa shape index (κ2) is 8.06. The zero-order chi connectivity index (χ0) is 17.6. The van der Waals surface area contributed by atoms with Gasteiger partial charge in [0.25, 0.3) is 0 Å². The molecule has 1 fully saturated rings. The lowest BCUT2D eigenvalue weighted by molar-refractivity contribution is 0.194. The van der Waals surface area contributed by atoms with Crippen molar-refractivity contribution in [2.75, 3.05) is 37.6 Å². The molecule has 1 N–H and O–H groups in total. The summed E-state index contributed by atoms with van der Waals surface area (Å²) in [5.41, 5.74) is 5.20. The maximum Gasteiger partial charge on any atom is 0.317 e. The van der Waals surface area contributed by atoms with E-state index in [9.17, 15) is 4.79 Å². The number of rotatable bonds is 4. The Kier molecular flexibility index (Phi) is 5.59. The van der Waals surface area contributed by atoms with Crippen molar-refractivity contribution in [3.05, 3.63) is 65.2 Å². The van der Waals surface area contributed by atoms with Crippen molar-refractivity contribution in [3.8, 4) is 0 Å².